The number of hydrogen-bond donors (Lipinski definition) is 1. The Labute approximate surface area is 214 Å². The number of hydrogen-bond acceptors (Lipinski definition) is 6. The number of alkyl halides is 3. The van der Waals surface area contributed by atoms with Gasteiger partial charge in [0, 0.05) is 22.4 Å². The van der Waals surface area contributed by atoms with Crippen molar-refractivity contribution in [1.82, 2.24) is 15.1 Å². The van der Waals surface area contributed by atoms with Crippen molar-refractivity contribution in [3.63, 3.8) is 0 Å². The van der Waals surface area contributed by atoms with Crippen molar-refractivity contribution in [3.05, 3.63) is 85.8 Å². The van der Waals surface area contributed by atoms with Gasteiger partial charge in [-0.3, -0.25) is 9.51 Å². The number of rotatable bonds is 9. The number of aromatic amines is 1. The summed E-state index contributed by atoms with van der Waals surface area (Å²) in [5.41, 5.74) is 1.47. The Bertz CT molecular complexity index is 1350. The van der Waals surface area contributed by atoms with Gasteiger partial charge < -0.3 is 4.74 Å². The zero-order valence-electron chi connectivity index (χ0n) is 19.3. The maximum absolute atomic E-state index is 12.9. The fourth-order valence-corrected chi connectivity index (χ4v) is 4.98. The van der Waals surface area contributed by atoms with Crippen LogP contribution in [-0.4, -0.2) is 21.7 Å². The standard InChI is InChI=1S/C25H23ClF3N3O3S/c1-2-3-7-20-21(36-23(30-20)15-8-10-16(11-9-15)25(27,28)29)12-13-34-17-5-4-6-18(19(26)14-17)22-31-24(33)35-32-22/h5-6,8-11,14H,2-4,7,12-13H2,1H3,(H,31,32,33). The van der Waals surface area contributed by atoms with Gasteiger partial charge in [-0.05, 0) is 43.5 Å². The second-order valence-electron chi connectivity index (χ2n) is 8.06. The van der Waals surface area contributed by atoms with Crippen molar-refractivity contribution in [2.75, 3.05) is 6.61 Å². The van der Waals surface area contributed by atoms with E-state index in [2.05, 4.69) is 21.6 Å². The second kappa shape index (κ2) is 11.3. The maximum atomic E-state index is 12.9. The third kappa shape index (κ3) is 6.36. The van der Waals surface area contributed by atoms with Crippen LogP contribution in [0.2, 0.25) is 0 Å². The third-order valence-electron chi connectivity index (χ3n) is 5.47. The molecule has 0 bridgehead atoms. The molecule has 1 aliphatic rings. The van der Waals surface area contributed by atoms with E-state index >= 15 is 0 Å². The fourth-order valence-electron chi connectivity index (χ4n) is 3.61. The molecule has 1 aliphatic carbocycles. The van der Waals surface area contributed by atoms with Crippen LogP contribution in [0.1, 0.15) is 48.1 Å². The summed E-state index contributed by atoms with van der Waals surface area (Å²) in [4.78, 5) is 19.5. The van der Waals surface area contributed by atoms with Gasteiger partial charge in [0.25, 0.3) is 0 Å². The van der Waals surface area contributed by atoms with Crippen LogP contribution >= 0.6 is 22.9 Å². The number of H-pyrrole nitrogens is 1. The summed E-state index contributed by atoms with van der Waals surface area (Å²) in [5, 5.41) is 4.72. The molecular weight excluding hydrogens is 515 g/mol. The average Bonchev–Trinajstić information content (AvgIpc) is 3.40. The molecule has 2 heterocycles. The number of aromatic nitrogens is 3. The Morgan fingerprint density at radius 2 is 1.97 bits per heavy atom. The van der Waals surface area contributed by atoms with E-state index in [0.717, 1.165) is 42.0 Å². The van der Waals surface area contributed by atoms with Crippen LogP contribution in [-0.2, 0) is 23.8 Å². The van der Waals surface area contributed by atoms with Crippen LogP contribution in [0.5, 0.6) is 0 Å². The molecule has 4 rings (SSSR count). The number of nitrogens with one attached hydrogen (secondary N) is 1. The molecule has 0 amide bonds. The molecule has 0 aliphatic heterocycles. The van der Waals surface area contributed by atoms with E-state index < -0.39 is 17.5 Å². The maximum Gasteiger partial charge on any atom is 0.439 e. The minimum Gasteiger partial charge on any atom is -0.493 e. The second-order valence-corrected chi connectivity index (χ2v) is 9.55. The molecule has 0 atom stereocenters. The first kappa shape index (κ1) is 26.0. The fraction of sp³-hybridized carbons (Fsp3) is 0.320. The van der Waals surface area contributed by atoms with E-state index in [0.29, 0.717) is 46.4 Å². The highest BCUT2D eigenvalue weighted by atomic mass is 35.5. The number of thiazole rings is 1. The van der Waals surface area contributed by atoms with E-state index in [1.54, 1.807) is 6.08 Å². The largest absolute Gasteiger partial charge is 0.493 e. The predicted molar refractivity (Wildman–Crippen MR) is 133 cm³/mol. The first-order valence-corrected chi connectivity index (χ1v) is 12.6. The number of allylic oxidation sites excluding steroid dienone is 5. The number of halogens is 4. The normalized spacial score (nSPS) is 14.2. The van der Waals surface area contributed by atoms with Crippen LogP contribution in [0.15, 0.2) is 62.6 Å². The van der Waals surface area contributed by atoms with Crippen molar-refractivity contribution in [2.45, 2.75) is 45.2 Å². The highest BCUT2D eigenvalue weighted by Crippen LogP contribution is 2.34. The number of aryl methyl sites for hydroxylation is 1. The molecule has 2 aromatic heterocycles. The summed E-state index contributed by atoms with van der Waals surface area (Å²) in [6.45, 7) is 2.47. The average molecular weight is 538 g/mol. The first-order valence-electron chi connectivity index (χ1n) is 11.4. The Hall–Kier alpha value is -3.11. The number of benzene rings is 1. The van der Waals surface area contributed by atoms with Gasteiger partial charge in [-0.15, -0.1) is 11.3 Å². The van der Waals surface area contributed by atoms with Crippen molar-refractivity contribution in [1.29, 1.82) is 0 Å². The molecule has 1 N–H and O–H groups in total. The minimum absolute atomic E-state index is 0.247. The highest BCUT2D eigenvalue weighted by Gasteiger charge is 2.30. The molecule has 11 heteroatoms. The zero-order valence-corrected chi connectivity index (χ0v) is 20.9. The van der Waals surface area contributed by atoms with E-state index in [1.807, 2.05) is 12.2 Å². The molecule has 3 aromatic rings. The molecule has 0 unspecified atom stereocenters. The summed E-state index contributed by atoms with van der Waals surface area (Å²) in [7, 11) is 0. The first-order chi connectivity index (χ1) is 17.2. The number of nitrogens with zero attached hydrogens (tertiary/aromatic N) is 2. The van der Waals surface area contributed by atoms with Crippen LogP contribution in [0.3, 0.4) is 0 Å². The molecule has 36 heavy (non-hydrogen) atoms. The lowest BCUT2D eigenvalue weighted by molar-refractivity contribution is -0.137. The van der Waals surface area contributed by atoms with Crippen LogP contribution < -0.4 is 5.76 Å². The molecule has 0 radical (unpaired) electrons. The number of unbranched alkanes of at least 4 members (excludes halogenated alkanes) is 1. The monoisotopic (exact) mass is 537 g/mol. The Kier molecular flexibility index (Phi) is 8.15. The SMILES string of the molecule is CCCCc1nc(-c2ccc(C(F)(F)F)cc2)sc1CCOC1=CCC=C(c2noc(=O)[nH]2)C(Cl)=C1. The van der Waals surface area contributed by atoms with Crippen molar-refractivity contribution in [3.8, 4) is 10.6 Å². The molecule has 6 nitrogen and oxygen atoms in total. The van der Waals surface area contributed by atoms with Crippen molar-refractivity contribution >= 4 is 28.5 Å². The summed E-state index contributed by atoms with van der Waals surface area (Å²) in [6.07, 6.45) is 4.84. The predicted octanol–water partition coefficient (Wildman–Crippen LogP) is 6.90. The molecule has 0 fully saturated rings. The molecule has 0 spiro atoms. The van der Waals surface area contributed by atoms with E-state index in [-0.39, 0.29) is 5.82 Å². The van der Waals surface area contributed by atoms with E-state index in [4.69, 9.17) is 21.3 Å². The molecular formula is C25H23ClF3N3O3S. The van der Waals surface area contributed by atoms with Gasteiger partial charge in [-0.1, -0.05) is 48.3 Å². The van der Waals surface area contributed by atoms with Crippen molar-refractivity contribution in [2.24, 2.45) is 0 Å². The molecule has 0 saturated carbocycles. The molecule has 190 valence electrons. The molecule has 1 aromatic carbocycles. The highest BCUT2D eigenvalue weighted by molar-refractivity contribution is 7.15. The van der Waals surface area contributed by atoms with Gasteiger partial charge >= 0.3 is 11.9 Å². The van der Waals surface area contributed by atoms with Gasteiger partial charge in [0.05, 0.1) is 22.9 Å². The van der Waals surface area contributed by atoms with Gasteiger partial charge in [-0.25, -0.2) is 9.78 Å². The van der Waals surface area contributed by atoms with Gasteiger partial charge in [0.1, 0.15) is 10.8 Å². The zero-order chi connectivity index (χ0) is 25.7. The lowest BCUT2D eigenvalue weighted by Gasteiger charge is -2.07. The van der Waals surface area contributed by atoms with Gasteiger partial charge in [0.15, 0.2) is 5.82 Å². The Morgan fingerprint density at radius 1 is 1.19 bits per heavy atom. The van der Waals surface area contributed by atoms with Gasteiger partial charge in [-0.2, -0.15) is 13.2 Å². The van der Waals surface area contributed by atoms with E-state index in [9.17, 15) is 18.0 Å². The summed E-state index contributed by atoms with van der Waals surface area (Å²) < 4.78 is 49.2. The van der Waals surface area contributed by atoms with Crippen LogP contribution in [0.25, 0.3) is 16.1 Å². The van der Waals surface area contributed by atoms with Crippen molar-refractivity contribution < 1.29 is 22.4 Å². The Balaban J connectivity index is 1.44. The Morgan fingerprint density at radius 3 is 2.64 bits per heavy atom. The number of ether oxygens (including phenoxy) is 1. The summed E-state index contributed by atoms with van der Waals surface area (Å²) in [5.74, 6) is 0.166. The minimum atomic E-state index is -4.37. The summed E-state index contributed by atoms with van der Waals surface area (Å²) >= 11 is 7.88. The lowest BCUT2D eigenvalue weighted by Crippen LogP contribution is -2.03. The van der Waals surface area contributed by atoms with Crippen LogP contribution in [0.4, 0.5) is 13.2 Å². The molecule has 0 saturated heterocycles. The van der Waals surface area contributed by atoms with Crippen LogP contribution in [0, 0.1) is 0 Å². The smallest absolute Gasteiger partial charge is 0.439 e. The van der Waals surface area contributed by atoms with Gasteiger partial charge in [0.2, 0.25) is 0 Å². The topological polar surface area (TPSA) is 81.0 Å². The third-order valence-corrected chi connectivity index (χ3v) is 6.98. The van der Waals surface area contributed by atoms with E-state index in [1.165, 1.54) is 23.5 Å². The quantitative estimate of drug-likeness (QED) is 0.321. The lowest BCUT2D eigenvalue weighted by atomic mass is 10.1. The summed E-state index contributed by atoms with van der Waals surface area (Å²) in [6, 6.07) is 5.08.